The molecule has 0 aromatic carbocycles. The molecule has 0 bridgehead atoms. The van der Waals surface area contributed by atoms with Crippen molar-refractivity contribution in [3.05, 3.63) is 23.4 Å². The first-order valence-corrected chi connectivity index (χ1v) is 4.02. The summed E-state index contributed by atoms with van der Waals surface area (Å²) in [6.45, 7) is 2.49. The van der Waals surface area contributed by atoms with Crippen molar-refractivity contribution < 1.29 is 4.79 Å². The second-order valence-electron chi connectivity index (χ2n) is 2.92. The second-order valence-corrected chi connectivity index (χ2v) is 2.92. The van der Waals surface area contributed by atoms with Gasteiger partial charge in [0.05, 0.1) is 0 Å². The summed E-state index contributed by atoms with van der Waals surface area (Å²) in [6.07, 6.45) is 2.59. The largest absolute Gasteiger partial charge is 0.369 e. The Bertz CT molecular complexity index is 333. The summed E-state index contributed by atoms with van der Waals surface area (Å²) in [5.74, 6) is 1.00. The number of hydrogen-bond acceptors (Lipinski definition) is 3. The summed E-state index contributed by atoms with van der Waals surface area (Å²) < 4.78 is 0. The lowest BCUT2D eigenvalue weighted by Gasteiger charge is -2.01. The van der Waals surface area contributed by atoms with Crippen molar-refractivity contribution in [1.29, 1.82) is 0 Å². The summed E-state index contributed by atoms with van der Waals surface area (Å²) in [5, 5.41) is 3.13. The normalized spacial score (nSPS) is 13.8. The van der Waals surface area contributed by atoms with Crippen molar-refractivity contribution >= 4 is 11.6 Å². The molecule has 0 saturated heterocycles. The molecule has 0 saturated carbocycles. The van der Waals surface area contributed by atoms with Gasteiger partial charge in [0.2, 0.25) is 0 Å². The molecule has 62 valence electrons. The molecule has 0 fully saturated rings. The van der Waals surface area contributed by atoms with Crippen molar-refractivity contribution in [1.82, 2.24) is 4.98 Å². The Labute approximate surface area is 70.8 Å². The molecular formula is C9H10N2O. The number of nitrogens with zero attached hydrogens (tertiary/aromatic N) is 1. The van der Waals surface area contributed by atoms with E-state index in [1.807, 2.05) is 0 Å². The van der Waals surface area contributed by atoms with Gasteiger partial charge in [-0.05, 0) is 19.4 Å². The van der Waals surface area contributed by atoms with Gasteiger partial charge in [-0.2, -0.15) is 0 Å². The van der Waals surface area contributed by atoms with Gasteiger partial charge in [0.15, 0.2) is 5.78 Å². The Hall–Kier alpha value is -1.38. The van der Waals surface area contributed by atoms with Crippen LogP contribution >= 0.6 is 0 Å². The first kappa shape index (κ1) is 7.28. The van der Waals surface area contributed by atoms with Gasteiger partial charge in [0.1, 0.15) is 5.82 Å². The quantitative estimate of drug-likeness (QED) is 0.632. The van der Waals surface area contributed by atoms with E-state index in [9.17, 15) is 4.79 Å². The molecule has 0 unspecified atom stereocenters. The van der Waals surface area contributed by atoms with Gasteiger partial charge < -0.3 is 5.32 Å². The lowest BCUT2D eigenvalue weighted by Crippen LogP contribution is -1.98. The maximum Gasteiger partial charge on any atom is 0.160 e. The van der Waals surface area contributed by atoms with Crippen LogP contribution in [0.5, 0.6) is 0 Å². The van der Waals surface area contributed by atoms with Crippen LogP contribution in [0.1, 0.15) is 22.8 Å². The van der Waals surface area contributed by atoms with Crippen LogP contribution < -0.4 is 5.32 Å². The molecule has 1 aromatic rings. The molecule has 3 heteroatoms. The van der Waals surface area contributed by atoms with Crippen LogP contribution in [-0.4, -0.2) is 17.3 Å². The number of nitrogens with one attached hydrogen (secondary N) is 1. The monoisotopic (exact) mass is 162 g/mol. The van der Waals surface area contributed by atoms with E-state index in [-0.39, 0.29) is 5.78 Å². The molecule has 0 amide bonds. The van der Waals surface area contributed by atoms with Crippen LogP contribution in [0.4, 0.5) is 5.82 Å². The fourth-order valence-corrected chi connectivity index (χ4v) is 1.53. The van der Waals surface area contributed by atoms with Crippen LogP contribution in [0, 0.1) is 0 Å². The lowest BCUT2D eigenvalue weighted by molar-refractivity contribution is 0.101. The fourth-order valence-electron chi connectivity index (χ4n) is 1.53. The SMILES string of the molecule is CC(=O)c1ccnc2c1CCN2. The number of carbonyl (C=O) groups excluding carboxylic acids is 1. The van der Waals surface area contributed by atoms with Crippen LogP contribution in [0.15, 0.2) is 12.3 Å². The van der Waals surface area contributed by atoms with Crippen LogP contribution in [0.3, 0.4) is 0 Å². The van der Waals surface area contributed by atoms with E-state index >= 15 is 0 Å². The molecule has 1 aliphatic rings. The molecule has 12 heavy (non-hydrogen) atoms. The highest BCUT2D eigenvalue weighted by molar-refractivity contribution is 5.96. The highest BCUT2D eigenvalue weighted by Crippen LogP contribution is 2.22. The minimum Gasteiger partial charge on any atom is -0.369 e. The van der Waals surface area contributed by atoms with E-state index in [1.165, 1.54) is 0 Å². The zero-order valence-electron chi connectivity index (χ0n) is 6.92. The Morgan fingerprint density at radius 2 is 2.50 bits per heavy atom. The first-order valence-electron chi connectivity index (χ1n) is 4.02. The zero-order chi connectivity index (χ0) is 8.55. The van der Waals surface area contributed by atoms with E-state index in [0.29, 0.717) is 0 Å². The number of hydrogen-bond donors (Lipinski definition) is 1. The third-order valence-electron chi connectivity index (χ3n) is 2.10. The average Bonchev–Trinajstić information content (AvgIpc) is 2.49. The first-order chi connectivity index (χ1) is 5.79. The van der Waals surface area contributed by atoms with Crippen molar-refractivity contribution in [2.45, 2.75) is 13.3 Å². The van der Waals surface area contributed by atoms with Crippen LogP contribution in [0.25, 0.3) is 0 Å². The fraction of sp³-hybridized carbons (Fsp3) is 0.333. The minimum absolute atomic E-state index is 0.123. The Morgan fingerprint density at radius 3 is 3.25 bits per heavy atom. The second kappa shape index (κ2) is 2.59. The molecule has 0 aliphatic carbocycles. The van der Waals surface area contributed by atoms with Crippen molar-refractivity contribution in [3.8, 4) is 0 Å². The van der Waals surface area contributed by atoms with Gasteiger partial charge in [-0.15, -0.1) is 0 Å². The third kappa shape index (κ3) is 0.978. The van der Waals surface area contributed by atoms with Crippen LogP contribution in [-0.2, 0) is 6.42 Å². The number of anilines is 1. The van der Waals surface area contributed by atoms with E-state index in [2.05, 4.69) is 10.3 Å². The molecular weight excluding hydrogens is 152 g/mol. The third-order valence-corrected chi connectivity index (χ3v) is 2.10. The Balaban J connectivity index is 2.56. The number of aromatic nitrogens is 1. The Kier molecular flexibility index (Phi) is 1.57. The van der Waals surface area contributed by atoms with E-state index in [4.69, 9.17) is 0 Å². The summed E-state index contributed by atoms with van der Waals surface area (Å²) in [4.78, 5) is 15.3. The van der Waals surface area contributed by atoms with E-state index in [1.54, 1.807) is 19.2 Å². The summed E-state index contributed by atoms with van der Waals surface area (Å²) in [7, 11) is 0. The van der Waals surface area contributed by atoms with Gasteiger partial charge >= 0.3 is 0 Å². The van der Waals surface area contributed by atoms with Crippen molar-refractivity contribution in [2.75, 3.05) is 11.9 Å². The Morgan fingerprint density at radius 1 is 1.67 bits per heavy atom. The highest BCUT2D eigenvalue weighted by atomic mass is 16.1. The molecule has 2 rings (SSSR count). The molecule has 2 heterocycles. The predicted molar refractivity (Wildman–Crippen MR) is 46.4 cm³/mol. The van der Waals surface area contributed by atoms with Crippen LogP contribution in [0.2, 0.25) is 0 Å². The summed E-state index contributed by atoms with van der Waals surface area (Å²) in [5.41, 5.74) is 1.88. The van der Waals surface area contributed by atoms with Gasteiger partial charge in [-0.3, -0.25) is 4.79 Å². The number of pyridine rings is 1. The standard InChI is InChI=1S/C9H10N2O/c1-6(12)7-2-4-10-9-8(7)3-5-11-9/h2,4H,3,5H2,1H3,(H,10,11). The number of carbonyl (C=O) groups is 1. The molecule has 1 N–H and O–H groups in total. The predicted octanol–water partition coefficient (Wildman–Crippen LogP) is 1.25. The maximum absolute atomic E-state index is 11.1. The number of fused-ring (bicyclic) bond motifs is 1. The minimum atomic E-state index is 0.123. The zero-order valence-corrected chi connectivity index (χ0v) is 6.92. The van der Waals surface area contributed by atoms with E-state index in [0.717, 1.165) is 29.9 Å². The molecule has 0 radical (unpaired) electrons. The van der Waals surface area contributed by atoms with Gasteiger partial charge in [0, 0.05) is 23.9 Å². The molecule has 0 atom stereocenters. The maximum atomic E-state index is 11.1. The summed E-state index contributed by atoms with van der Waals surface area (Å²) in [6, 6.07) is 1.79. The number of rotatable bonds is 1. The lowest BCUT2D eigenvalue weighted by atomic mass is 10.1. The van der Waals surface area contributed by atoms with Crippen molar-refractivity contribution in [2.24, 2.45) is 0 Å². The molecule has 0 spiro atoms. The molecule has 1 aromatic heterocycles. The average molecular weight is 162 g/mol. The topological polar surface area (TPSA) is 42.0 Å². The number of Topliss-reactive ketones (excluding diaryl/α,β-unsaturated/α-hetero) is 1. The van der Waals surface area contributed by atoms with Gasteiger partial charge in [0.25, 0.3) is 0 Å². The highest BCUT2D eigenvalue weighted by Gasteiger charge is 2.16. The van der Waals surface area contributed by atoms with Crippen molar-refractivity contribution in [3.63, 3.8) is 0 Å². The van der Waals surface area contributed by atoms with E-state index < -0.39 is 0 Å². The summed E-state index contributed by atoms with van der Waals surface area (Å²) >= 11 is 0. The van der Waals surface area contributed by atoms with Gasteiger partial charge in [-0.1, -0.05) is 0 Å². The van der Waals surface area contributed by atoms with Gasteiger partial charge in [-0.25, -0.2) is 4.98 Å². The molecule has 1 aliphatic heterocycles. The number of ketones is 1. The molecule has 3 nitrogen and oxygen atoms in total. The smallest absolute Gasteiger partial charge is 0.160 e.